The molecule has 0 fully saturated rings. The first-order valence-corrected chi connectivity index (χ1v) is 5.85. The van der Waals surface area contributed by atoms with Crippen molar-refractivity contribution in [1.82, 2.24) is 15.1 Å². The van der Waals surface area contributed by atoms with Crippen LogP contribution in [0.2, 0.25) is 0 Å². The van der Waals surface area contributed by atoms with Crippen LogP contribution in [0.5, 0.6) is 0 Å². The highest BCUT2D eigenvalue weighted by Crippen LogP contribution is 2.10. The van der Waals surface area contributed by atoms with Crippen molar-refractivity contribution in [2.24, 2.45) is 0 Å². The first kappa shape index (κ1) is 13.7. The van der Waals surface area contributed by atoms with Crippen molar-refractivity contribution < 1.29 is 9.53 Å². The molecule has 0 aliphatic heterocycles. The SMILES string of the molecule is COCCCNC(=O)C(C)n1nc(C)cc1C. The Morgan fingerprint density at radius 2 is 2.29 bits per heavy atom. The van der Waals surface area contributed by atoms with E-state index in [2.05, 4.69) is 10.4 Å². The fourth-order valence-corrected chi connectivity index (χ4v) is 1.73. The predicted octanol–water partition coefficient (Wildman–Crippen LogP) is 1.21. The van der Waals surface area contributed by atoms with Gasteiger partial charge in [0.1, 0.15) is 6.04 Å². The number of hydrogen-bond acceptors (Lipinski definition) is 3. The summed E-state index contributed by atoms with van der Waals surface area (Å²) in [6, 6.07) is 1.69. The van der Waals surface area contributed by atoms with Gasteiger partial charge in [0.15, 0.2) is 0 Å². The minimum absolute atomic E-state index is 0.00713. The zero-order valence-electron chi connectivity index (χ0n) is 11.0. The molecular formula is C12H21N3O2. The van der Waals surface area contributed by atoms with Gasteiger partial charge in [-0.3, -0.25) is 9.48 Å². The van der Waals surface area contributed by atoms with E-state index in [1.807, 2.05) is 26.8 Å². The molecule has 0 aromatic carbocycles. The zero-order chi connectivity index (χ0) is 12.8. The minimum atomic E-state index is -0.272. The molecule has 1 atom stereocenters. The Kier molecular flexibility index (Phi) is 5.15. The van der Waals surface area contributed by atoms with E-state index in [1.165, 1.54) is 0 Å². The molecule has 5 heteroatoms. The topological polar surface area (TPSA) is 56.1 Å². The third kappa shape index (κ3) is 3.85. The number of aryl methyl sites for hydroxylation is 2. The molecule has 17 heavy (non-hydrogen) atoms. The van der Waals surface area contributed by atoms with Crippen molar-refractivity contribution in [3.63, 3.8) is 0 Å². The number of carbonyl (C=O) groups excluding carboxylic acids is 1. The molecule has 1 rings (SSSR count). The second-order valence-electron chi connectivity index (χ2n) is 4.19. The van der Waals surface area contributed by atoms with Crippen LogP contribution in [0.3, 0.4) is 0 Å². The highest BCUT2D eigenvalue weighted by atomic mass is 16.5. The zero-order valence-corrected chi connectivity index (χ0v) is 11.0. The molecule has 0 radical (unpaired) electrons. The number of amides is 1. The smallest absolute Gasteiger partial charge is 0.244 e. The molecule has 5 nitrogen and oxygen atoms in total. The summed E-state index contributed by atoms with van der Waals surface area (Å²) in [5.41, 5.74) is 1.93. The van der Waals surface area contributed by atoms with Gasteiger partial charge in [0, 0.05) is 26.0 Å². The molecule has 1 aromatic heterocycles. The van der Waals surface area contributed by atoms with Crippen LogP contribution in [0.15, 0.2) is 6.07 Å². The molecule has 1 heterocycles. The molecule has 1 amide bonds. The molecule has 1 aromatic rings. The molecule has 1 unspecified atom stereocenters. The van der Waals surface area contributed by atoms with Gasteiger partial charge in [-0.2, -0.15) is 5.10 Å². The number of rotatable bonds is 6. The lowest BCUT2D eigenvalue weighted by atomic mass is 10.3. The number of nitrogens with one attached hydrogen (secondary N) is 1. The van der Waals surface area contributed by atoms with Gasteiger partial charge in [-0.15, -0.1) is 0 Å². The normalized spacial score (nSPS) is 12.5. The van der Waals surface area contributed by atoms with Crippen molar-refractivity contribution in [3.8, 4) is 0 Å². The van der Waals surface area contributed by atoms with E-state index in [0.717, 1.165) is 17.8 Å². The molecule has 0 spiro atoms. The summed E-state index contributed by atoms with van der Waals surface area (Å²) in [5.74, 6) is -0.00713. The molecule has 0 saturated carbocycles. The van der Waals surface area contributed by atoms with E-state index in [4.69, 9.17) is 4.74 Å². The van der Waals surface area contributed by atoms with E-state index < -0.39 is 0 Å². The maximum atomic E-state index is 11.9. The van der Waals surface area contributed by atoms with Crippen molar-refractivity contribution in [1.29, 1.82) is 0 Å². The van der Waals surface area contributed by atoms with Gasteiger partial charge >= 0.3 is 0 Å². The minimum Gasteiger partial charge on any atom is -0.385 e. The third-order valence-corrected chi connectivity index (χ3v) is 2.62. The Morgan fingerprint density at radius 1 is 1.59 bits per heavy atom. The summed E-state index contributed by atoms with van der Waals surface area (Å²) in [6.45, 7) is 7.03. The van der Waals surface area contributed by atoms with Crippen LogP contribution in [0.25, 0.3) is 0 Å². The summed E-state index contributed by atoms with van der Waals surface area (Å²) >= 11 is 0. The van der Waals surface area contributed by atoms with Gasteiger partial charge in [0.25, 0.3) is 0 Å². The summed E-state index contributed by atoms with van der Waals surface area (Å²) in [4.78, 5) is 11.9. The van der Waals surface area contributed by atoms with E-state index in [0.29, 0.717) is 13.2 Å². The van der Waals surface area contributed by atoms with Gasteiger partial charge in [-0.05, 0) is 33.3 Å². The van der Waals surface area contributed by atoms with Gasteiger partial charge in [0.2, 0.25) is 5.91 Å². The van der Waals surface area contributed by atoms with Crippen LogP contribution >= 0.6 is 0 Å². The fraction of sp³-hybridized carbons (Fsp3) is 0.667. The average Bonchev–Trinajstić information content (AvgIpc) is 2.62. The predicted molar refractivity (Wildman–Crippen MR) is 65.9 cm³/mol. The summed E-state index contributed by atoms with van der Waals surface area (Å²) in [6.07, 6.45) is 0.825. The number of ether oxygens (including phenoxy) is 1. The lowest BCUT2D eigenvalue weighted by Gasteiger charge is -2.14. The Hall–Kier alpha value is -1.36. The number of carbonyl (C=O) groups is 1. The maximum Gasteiger partial charge on any atom is 0.244 e. The van der Waals surface area contributed by atoms with Crippen molar-refractivity contribution >= 4 is 5.91 Å². The van der Waals surface area contributed by atoms with Crippen LogP contribution in [0, 0.1) is 13.8 Å². The van der Waals surface area contributed by atoms with E-state index in [-0.39, 0.29) is 11.9 Å². The fourth-order valence-electron chi connectivity index (χ4n) is 1.73. The van der Waals surface area contributed by atoms with E-state index >= 15 is 0 Å². The third-order valence-electron chi connectivity index (χ3n) is 2.62. The Bertz CT molecular complexity index is 374. The summed E-state index contributed by atoms with van der Waals surface area (Å²) in [7, 11) is 1.65. The Morgan fingerprint density at radius 3 is 2.82 bits per heavy atom. The lowest BCUT2D eigenvalue weighted by Crippen LogP contribution is -2.33. The molecule has 0 aliphatic rings. The summed E-state index contributed by atoms with van der Waals surface area (Å²) < 4.78 is 6.67. The van der Waals surface area contributed by atoms with Crippen molar-refractivity contribution in [3.05, 3.63) is 17.5 Å². The molecule has 96 valence electrons. The van der Waals surface area contributed by atoms with E-state index in [1.54, 1.807) is 11.8 Å². The molecule has 0 aliphatic carbocycles. The number of nitrogens with zero attached hydrogens (tertiary/aromatic N) is 2. The standard InChI is InChI=1S/C12H21N3O2/c1-9-8-10(2)15(14-9)11(3)12(16)13-6-5-7-17-4/h8,11H,5-7H2,1-4H3,(H,13,16). The van der Waals surface area contributed by atoms with Gasteiger partial charge in [-0.1, -0.05) is 0 Å². The number of hydrogen-bond donors (Lipinski definition) is 1. The van der Waals surface area contributed by atoms with Gasteiger partial charge in [-0.25, -0.2) is 0 Å². The lowest BCUT2D eigenvalue weighted by molar-refractivity contribution is -0.124. The number of aromatic nitrogens is 2. The highest BCUT2D eigenvalue weighted by Gasteiger charge is 2.16. The van der Waals surface area contributed by atoms with Crippen molar-refractivity contribution in [2.45, 2.75) is 33.2 Å². The molecular weight excluding hydrogens is 218 g/mol. The largest absolute Gasteiger partial charge is 0.385 e. The van der Waals surface area contributed by atoms with Crippen LogP contribution < -0.4 is 5.32 Å². The van der Waals surface area contributed by atoms with Gasteiger partial charge < -0.3 is 10.1 Å². The quantitative estimate of drug-likeness (QED) is 0.759. The molecule has 1 N–H and O–H groups in total. The average molecular weight is 239 g/mol. The number of methoxy groups -OCH3 is 1. The molecule has 0 saturated heterocycles. The van der Waals surface area contributed by atoms with Crippen LogP contribution in [0.1, 0.15) is 30.8 Å². The highest BCUT2D eigenvalue weighted by molar-refractivity contribution is 5.79. The second-order valence-corrected chi connectivity index (χ2v) is 4.19. The Balaban J connectivity index is 2.49. The Labute approximate surface area is 102 Å². The first-order chi connectivity index (χ1) is 8.06. The van der Waals surface area contributed by atoms with Crippen LogP contribution in [-0.2, 0) is 9.53 Å². The maximum absolute atomic E-state index is 11.9. The summed E-state index contributed by atoms with van der Waals surface area (Å²) in [5, 5.41) is 7.18. The van der Waals surface area contributed by atoms with E-state index in [9.17, 15) is 4.79 Å². The van der Waals surface area contributed by atoms with Gasteiger partial charge in [0.05, 0.1) is 5.69 Å². The van der Waals surface area contributed by atoms with Crippen molar-refractivity contribution in [2.75, 3.05) is 20.3 Å². The van der Waals surface area contributed by atoms with Crippen LogP contribution in [0.4, 0.5) is 0 Å². The molecule has 0 bridgehead atoms. The second kappa shape index (κ2) is 6.39. The first-order valence-electron chi connectivity index (χ1n) is 5.85. The van der Waals surface area contributed by atoms with Crippen LogP contribution in [-0.4, -0.2) is 35.9 Å². The monoisotopic (exact) mass is 239 g/mol.